The summed E-state index contributed by atoms with van der Waals surface area (Å²) in [5, 5.41) is 0. The molecule has 2 aromatic carbocycles. The number of carbonyl (C=O) groups excluding carboxylic acids is 2. The molecule has 150 valence electrons. The Morgan fingerprint density at radius 1 is 0.862 bits per heavy atom. The molecule has 29 heavy (non-hydrogen) atoms. The van der Waals surface area contributed by atoms with Crippen LogP contribution in [0.2, 0.25) is 0 Å². The van der Waals surface area contributed by atoms with Crippen LogP contribution in [-0.4, -0.2) is 59.2 Å². The van der Waals surface area contributed by atoms with Crippen molar-refractivity contribution in [3.05, 3.63) is 70.3 Å². The molecule has 5 heteroatoms. The van der Waals surface area contributed by atoms with Crippen molar-refractivity contribution < 1.29 is 9.59 Å². The smallest absolute Gasteiger partial charge is 0.254 e. The number of hydrogen-bond donors (Lipinski definition) is 0. The monoisotopic (exact) mass is 389 g/mol. The second-order valence-electron chi connectivity index (χ2n) is 8.39. The lowest BCUT2D eigenvalue weighted by atomic mass is 9.96. The van der Waals surface area contributed by atoms with Crippen LogP contribution in [0.25, 0.3) is 0 Å². The van der Waals surface area contributed by atoms with Gasteiger partial charge in [0.15, 0.2) is 0 Å². The summed E-state index contributed by atoms with van der Waals surface area (Å²) in [6.45, 7) is 6.14. The molecule has 0 spiro atoms. The lowest BCUT2D eigenvalue weighted by Crippen LogP contribution is -2.42. The van der Waals surface area contributed by atoms with Crippen molar-refractivity contribution in [3.8, 4) is 0 Å². The molecule has 2 aromatic rings. The molecule has 0 bridgehead atoms. The molecule has 0 radical (unpaired) electrons. The van der Waals surface area contributed by atoms with Crippen LogP contribution in [-0.2, 0) is 19.5 Å². The zero-order valence-corrected chi connectivity index (χ0v) is 16.8. The van der Waals surface area contributed by atoms with Gasteiger partial charge in [0.1, 0.15) is 0 Å². The van der Waals surface area contributed by atoms with Gasteiger partial charge in [-0.15, -0.1) is 0 Å². The third-order valence-corrected chi connectivity index (χ3v) is 6.53. The highest BCUT2D eigenvalue weighted by atomic mass is 16.2. The van der Waals surface area contributed by atoms with Gasteiger partial charge in [0.2, 0.25) is 0 Å². The third-order valence-electron chi connectivity index (χ3n) is 6.53. The summed E-state index contributed by atoms with van der Waals surface area (Å²) in [5.41, 5.74) is 4.91. The van der Waals surface area contributed by atoms with Gasteiger partial charge in [-0.25, -0.2) is 0 Å². The highest BCUT2D eigenvalue weighted by Crippen LogP contribution is 2.26. The SMILES string of the molecule is O=C(c1ccc2c(c1)CCN(CCN1CCCC1)C2=O)N1Cc2ccccc2C1. The number of likely N-dealkylation sites (tertiary alicyclic amines) is 1. The van der Waals surface area contributed by atoms with Crippen molar-refractivity contribution >= 4 is 11.8 Å². The Morgan fingerprint density at radius 3 is 2.31 bits per heavy atom. The Balaban J connectivity index is 1.27. The second-order valence-corrected chi connectivity index (χ2v) is 8.39. The van der Waals surface area contributed by atoms with E-state index in [-0.39, 0.29) is 11.8 Å². The standard InChI is InChI=1S/C24H27N3O2/c28-23(27-16-20-5-1-2-6-21(20)17-27)19-7-8-22-18(15-19)9-12-26(24(22)29)14-13-25-10-3-4-11-25/h1-2,5-8,15H,3-4,9-14,16-17H2. The van der Waals surface area contributed by atoms with E-state index in [9.17, 15) is 9.59 Å². The number of nitrogens with zero attached hydrogens (tertiary/aromatic N) is 3. The van der Waals surface area contributed by atoms with Crippen LogP contribution >= 0.6 is 0 Å². The van der Waals surface area contributed by atoms with Crippen molar-refractivity contribution in [1.29, 1.82) is 0 Å². The lowest BCUT2D eigenvalue weighted by Gasteiger charge is -2.30. The maximum atomic E-state index is 13.0. The zero-order valence-electron chi connectivity index (χ0n) is 16.8. The van der Waals surface area contributed by atoms with E-state index in [4.69, 9.17) is 0 Å². The van der Waals surface area contributed by atoms with Gasteiger partial charge >= 0.3 is 0 Å². The van der Waals surface area contributed by atoms with E-state index in [2.05, 4.69) is 17.0 Å². The largest absolute Gasteiger partial charge is 0.337 e. The van der Waals surface area contributed by atoms with Gasteiger partial charge in [-0.1, -0.05) is 24.3 Å². The summed E-state index contributed by atoms with van der Waals surface area (Å²) in [4.78, 5) is 32.2. The molecule has 3 aliphatic rings. The predicted octanol–water partition coefficient (Wildman–Crippen LogP) is 2.94. The minimum atomic E-state index is 0.0490. The van der Waals surface area contributed by atoms with Crippen LogP contribution in [0.3, 0.4) is 0 Å². The molecule has 0 atom stereocenters. The van der Waals surface area contributed by atoms with Crippen molar-refractivity contribution in [3.63, 3.8) is 0 Å². The topological polar surface area (TPSA) is 43.9 Å². The highest BCUT2D eigenvalue weighted by Gasteiger charge is 2.28. The molecule has 3 heterocycles. The maximum Gasteiger partial charge on any atom is 0.254 e. The maximum absolute atomic E-state index is 13.0. The van der Waals surface area contributed by atoms with Crippen molar-refractivity contribution in [2.24, 2.45) is 0 Å². The Kier molecular flexibility index (Phi) is 4.84. The van der Waals surface area contributed by atoms with E-state index in [1.807, 2.05) is 40.1 Å². The van der Waals surface area contributed by atoms with E-state index in [1.54, 1.807) is 0 Å². The van der Waals surface area contributed by atoms with Crippen molar-refractivity contribution in [2.75, 3.05) is 32.7 Å². The first kappa shape index (κ1) is 18.4. The Bertz CT molecular complexity index is 924. The van der Waals surface area contributed by atoms with Gasteiger partial charge in [0, 0.05) is 43.9 Å². The summed E-state index contributed by atoms with van der Waals surface area (Å²) in [6, 6.07) is 13.8. The van der Waals surface area contributed by atoms with Crippen molar-refractivity contribution in [1.82, 2.24) is 14.7 Å². The van der Waals surface area contributed by atoms with Crippen LogP contribution in [0.4, 0.5) is 0 Å². The molecule has 0 unspecified atom stereocenters. The van der Waals surface area contributed by atoms with Gasteiger partial charge in [-0.2, -0.15) is 0 Å². The van der Waals surface area contributed by atoms with E-state index >= 15 is 0 Å². The number of amides is 2. The first-order chi connectivity index (χ1) is 14.2. The Labute approximate surface area is 171 Å². The van der Waals surface area contributed by atoms with E-state index in [0.717, 1.165) is 50.3 Å². The first-order valence-electron chi connectivity index (χ1n) is 10.7. The molecule has 0 N–H and O–H groups in total. The molecular formula is C24H27N3O2. The summed E-state index contributed by atoms with van der Waals surface area (Å²) in [6.07, 6.45) is 3.37. The van der Waals surface area contributed by atoms with E-state index in [1.165, 1.54) is 24.0 Å². The van der Waals surface area contributed by atoms with Gasteiger partial charge in [-0.05, 0) is 67.2 Å². The van der Waals surface area contributed by atoms with Gasteiger partial charge in [-0.3, -0.25) is 9.59 Å². The number of fused-ring (bicyclic) bond motifs is 2. The van der Waals surface area contributed by atoms with Crippen LogP contribution in [0, 0.1) is 0 Å². The molecule has 3 aliphatic heterocycles. The average molecular weight is 389 g/mol. The Morgan fingerprint density at radius 2 is 1.59 bits per heavy atom. The lowest BCUT2D eigenvalue weighted by molar-refractivity contribution is 0.0718. The molecule has 0 aromatic heterocycles. The molecule has 0 saturated carbocycles. The zero-order chi connectivity index (χ0) is 19.8. The highest BCUT2D eigenvalue weighted by molar-refractivity contribution is 6.00. The summed E-state index contributed by atoms with van der Waals surface area (Å²) in [7, 11) is 0. The van der Waals surface area contributed by atoms with Gasteiger partial charge in [0.05, 0.1) is 0 Å². The van der Waals surface area contributed by atoms with Crippen LogP contribution in [0.5, 0.6) is 0 Å². The third kappa shape index (κ3) is 3.55. The second kappa shape index (κ2) is 7.64. The fraction of sp³-hybridized carbons (Fsp3) is 0.417. The molecule has 1 fully saturated rings. The minimum Gasteiger partial charge on any atom is -0.337 e. The minimum absolute atomic E-state index is 0.0490. The van der Waals surface area contributed by atoms with Crippen molar-refractivity contribution in [2.45, 2.75) is 32.4 Å². The fourth-order valence-electron chi connectivity index (χ4n) is 4.81. The van der Waals surface area contributed by atoms with E-state index in [0.29, 0.717) is 18.7 Å². The van der Waals surface area contributed by atoms with E-state index < -0.39 is 0 Å². The normalized spacial score (nSPS) is 18.8. The van der Waals surface area contributed by atoms with Gasteiger partial charge in [0.25, 0.3) is 11.8 Å². The molecule has 1 saturated heterocycles. The Hall–Kier alpha value is -2.66. The number of benzene rings is 2. The quantitative estimate of drug-likeness (QED) is 0.808. The number of rotatable bonds is 4. The predicted molar refractivity (Wildman–Crippen MR) is 112 cm³/mol. The summed E-state index contributed by atoms with van der Waals surface area (Å²) >= 11 is 0. The first-order valence-corrected chi connectivity index (χ1v) is 10.7. The molecule has 0 aliphatic carbocycles. The van der Waals surface area contributed by atoms with Gasteiger partial charge < -0.3 is 14.7 Å². The van der Waals surface area contributed by atoms with Crippen LogP contribution in [0.1, 0.15) is 50.2 Å². The van der Waals surface area contributed by atoms with Crippen LogP contribution < -0.4 is 0 Å². The summed E-state index contributed by atoms with van der Waals surface area (Å²) < 4.78 is 0. The van der Waals surface area contributed by atoms with Crippen LogP contribution in [0.15, 0.2) is 42.5 Å². The molecule has 2 amide bonds. The number of hydrogen-bond acceptors (Lipinski definition) is 3. The molecule has 5 rings (SSSR count). The summed E-state index contributed by atoms with van der Waals surface area (Å²) in [5.74, 6) is 0.158. The molecular weight excluding hydrogens is 362 g/mol. The fourth-order valence-corrected chi connectivity index (χ4v) is 4.81. The molecule has 5 nitrogen and oxygen atoms in total. The number of carbonyl (C=O) groups is 2. The average Bonchev–Trinajstić information content (AvgIpc) is 3.42.